The fourth-order valence-electron chi connectivity index (χ4n) is 1.49. The molecule has 0 heterocycles. The average Bonchev–Trinajstić information content (AvgIpc) is 2.20. The molecule has 0 N–H and O–H groups in total. The first-order valence-corrected chi connectivity index (χ1v) is 6.42. The molecule has 1 rings (SSSR count). The van der Waals surface area contributed by atoms with Crippen molar-refractivity contribution in [2.75, 3.05) is 6.61 Å². The molecule has 0 spiro atoms. The van der Waals surface area contributed by atoms with Crippen molar-refractivity contribution in [3.05, 3.63) is 28.2 Å². The van der Waals surface area contributed by atoms with Gasteiger partial charge in [-0.1, -0.05) is 42.1 Å². The van der Waals surface area contributed by atoms with Gasteiger partial charge in [0, 0.05) is 4.47 Å². The summed E-state index contributed by atoms with van der Waals surface area (Å²) in [4.78, 5) is 0. The van der Waals surface area contributed by atoms with Gasteiger partial charge in [0.25, 0.3) is 0 Å². The zero-order valence-electron chi connectivity index (χ0n) is 9.55. The fourth-order valence-corrected chi connectivity index (χ4v) is 1.96. The van der Waals surface area contributed by atoms with Gasteiger partial charge in [-0.05, 0) is 37.1 Å². The zero-order chi connectivity index (χ0) is 11.1. The van der Waals surface area contributed by atoms with Gasteiger partial charge in [0.05, 0.1) is 6.61 Å². The van der Waals surface area contributed by atoms with E-state index in [0.717, 1.165) is 23.2 Å². The van der Waals surface area contributed by atoms with Crippen LogP contribution in [0.5, 0.6) is 5.75 Å². The third-order valence-corrected chi connectivity index (χ3v) is 2.89. The van der Waals surface area contributed by atoms with E-state index >= 15 is 0 Å². The molecule has 0 amide bonds. The lowest BCUT2D eigenvalue weighted by molar-refractivity contribution is 0.303. The number of hydrogen-bond donors (Lipinski definition) is 0. The van der Waals surface area contributed by atoms with Gasteiger partial charge in [-0.3, -0.25) is 0 Å². The van der Waals surface area contributed by atoms with E-state index in [2.05, 4.69) is 35.8 Å². The molecule has 0 radical (unpaired) electrons. The average molecular weight is 271 g/mol. The number of aryl methyl sites for hydroxylation is 1. The van der Waals surface area contributed by atoms with Crippen LogP contribution in [0.1, 0.15) is 38.2 Å². The van der Waals surface area contributed by atoms with Crippen LogP contribution in [-0.4, -0.2) is 6.61 Å². The normalized spacial score (nSPS) is 10.3. The smallest absolute Gasteiger partial charge is 0.122 e. The van der Waals surface area contributed by atoms with Crippen LogP contribution in [0.4, 0.5) is 0 Å². The van der Waals surface area contributed by atoms with E-state index in [0.29, 0.717) is 0 Å². The van der Waals surface area contributed by atoms with Gasteiger partial charge in [-0.2, -0.15) is 0 Å². The molecule has 84 valence electrons. The minimum Gasteiger partial charge on any atom is -0.493 e. The number of unbranched alkanes of at least 4 members (excludes halogenated alkanes) is 3. The zero-order valence-corrected chi connectivity index (χ0v) is 11.1. The van der Waals surface area contributed by atoms with Crippen LogP contribution in [0.25, 0.3) is 0 Å². The fraction of sp³-hybridized carbons (Fsp3) is 0.538. The first kappa shape index (κ1) is 12.6. The second kappa shape index (κ2) is 6.89. The van der Waals surface area contributed by atoms with Crippen LogP contribution < -0.4 is 4.74 Å². The summed E-state index contributed by atoms with van der Waals surface area (Å²) in [6.07, 6.45) is 5.01. The predicted molar refractivity (Wildman–Crippen MR) is 68.5 cm³/mol. The van der Waals surface area contributed by atoms with Gasteiger partial charge in [0.2, 0.25) is 0 Å². The molecular weight excluding hydrogens is 252 g/mol. The Bertz CT molecular complexity index is 297. The summed E-state index contributed by atoms with van der Waals surface area (Å²) in [6.45, 7) is 5.13. The second-order valence-corrected chi connectivity index (χ2v) is 4.73. The Balaban J connectivity index is 2.31. The van der Waals surface area contributed by atoms with Crippen LogP contribution in [0.2, 0.25) is 0 Å². The van der Waals surface area contributed by atoms with Crippen molar-refractivity contribution in [2.45, 2.75) is 39.5 Å². The molecule has 0 bridgehead atoms. The van der Waals surface area contributed by atoms with E-state index in [1.807, 2.05) is 12.1 Å². The van der Waals surface area contributed by atoms with Crippen LogP contribution >= 0.6 is 15.9 Å². The molecule has 1 aromatic rings. The van der Waals surface area contributed by atoms with Gasteiger partial charge in [0.15, 0.2) is 0 Å². The largest absolute Gasteiger partial charge is 0.493 e. The number of hydrogen-bond acceptors (Lipinski definition) is 1. The molecule has 0 aromatic heterocycles. The van der Waals surface area contributed by atoms with Crippen molar-refractivity contribution >= 4 is 15.9 Å². The first-order chi connectivity index (χ1) is 7.24. The summed E-state index contributed by atoms with van der Waals surface area (Å²) < 4.78 is 6.83. The maximum Gasteiger partial charge on any atom is 0.122 e. The Morgan fingerprint density at radius 3 is 2.67 bits per heavy atom. The maximum absolute atomic E-state index is 5.72. The summed E-state index contributed by atoms with van der Waals surface area (Å²) in [7, 11) is 0. The highest BCUT2D eigenvalue weighted by molar-refractivity contribution is 9.10. The summed E-state index contributed by atoms with van der Waals surface area (Å²) >= 11 is 3.44. The van der Waals surface area contributed by atoms with E-state index < -0.39 is 0 Å². The summed E-state index contributed by atoms with van der Waals surface area (Å²) in [5.41, 5.74) is 1.19. The standard InChI is InChI=1S/C13H19BrO/c1-3-4-5-6-9-15-13-8-7-12(14)10-11(13)2/h7-8,10H,3-6,9H2,1-2H3. The van der Waals surface area contributed by atoms with Crippen LogP contribution in [0.3, 0.4) is 0 Å². The van der Waals surface area contributed by atoms with E-state index in [9.17, 15) is 0 Å². The minimum absolute atomic E-state index is 0.836. The number of halogens is 1. The van der Waals surface area contributed by atoms with Crippen molar-refractivity contribution in [1.29, 1.82) is 0 Å². The lowest BCUT2D eigenvalue weighted by Crippen LogP contribution is -1.98. The lowest BCUT2D eigenvalue weighted by Gasteiger charge is -2.08. The maximum atomic E-state index is 5.72. The Morgan fingerprint density at radius 1 is 1.20 bits per heavy atom. The Kier molecular flexibility index (Phi) is 5.77. The van der Waals surface area contributed by atoms with Crippen LogP contribution in [0, 0.1) is 6.92 Å². The van der Waals surface area contributed by atoms with Gasteiger partial charge in [-0.15, -0.1) is 0 Å². The Morgan fingerprint density at radius 2 is 2.00 bits per heavy atom. The molecule has 1 aromatic carbocycles. The number of benzene rings is 1. The Labute approximate surface area is 101 Å². The molecule has 15 heavy (non-hydrogen) atoms. The molecule has 1 nitrogen and oxygen atoms in total. The van der Waals surface area contributed by atoms with Crippen molar-refractivity contribution in [3.63, 3.8) is 0 Å². The van der Waals surface area contributed by atoms with E-state index in [-0.39, 0.29) is 0 Å². The SMILES string of the molecule is CCCCCCOc1ccc(Br)cc1C. The topological polar surface area (TPSA) is 9.23 Å². The highest BCUT2D eigenvalue weighted by Gasteiger charge is 1.99. The summed E-state index contributed by atoms with van der Waals surface area (Å²) in [5.74, 6) is 1.01. The van der Waals surface area contributed by atoms with E-state index in [4.69, 9.17) is 4.74 Å². The third-order valence-electron chi connectivity index (χ3n) is 2.39. The van der Waals surface area contributed by atoms with Gasteiger partial charge in [0.1, 0.15) is 5.75 Å². The van der Waals surface area contributed by atoms with Gasteiger partial charge >= 0.3 is 0 Å². The van der Waals surface area contributed by atoms with Crippen LogP contribution in [-0.2, 0) is 0 Å². The van der Waals surface area contributed by atoms with E-state index in [1.54, 1.807) is 0 Å². The molecule has 0 aliphatic carbocycles. The summed E-state index contributed by atoms with van der Waals surface area (Å²) in [6, 6.07) is 6.13. The molecule has 0 unspecified atom stereocenters. The highest BCUT2D eigenvalue weighted by Crippen LogP contribution is 2.22. The monoisotopic (exact) mass is 270 g/mol. The minimum atomic E-state index is 0.836. The molecule has 0 aliphatic rings. The van der Waals surface area contributed by atoms with Gasteiger partial charge in [-0.25, -0.2) is 0 Å². The first-order valence-electron chi connectivity index (χ1n) is 5.63. The van der Waals surface area contributed by atoms with Crippen molar-refractivity contribution < 1.29 is 4.74 Å². The lowest BCUT2D eigenvalue weighted by atomic mass is 10.2. The molecule has 0 saturated carbocycles. The Hall–Kier alpha value is -0.500. The highest BCUT2D eigenvalue weighted by atomic mass is 79.9. The molecular formula is C13H19BrO. The van der Waals surface area contributed by atoms with Crippen molar-refractivity contribution in [3.8, 4) is 5.75 Å². The quantitative estimate of drug-likeness (QED) is 0.680. The predicted octanol–water partition coefficient (Wildman–Crippen LogP) is 4.72. The molecule has 0 aliphatic heterocycles. The van der Waals surface area contributed by atoms with Crippen LogP contribution in [0.15, 0.2) is 22.7 Å². The molecule has 2 heteroatoms. The molecule has 0 atom stereocenters. The molecule has 0 fully saturated rings. The number of ether oxygens (including phenoxy) is 1. The number of rotatable bonds is 6. The van der Waals surface area contributed by atoms with Crippen molar-refractivity contribution in [1.82, 2.24) is 0 Å². The van der Waals surface area contributed by atoms with Crippen molar-refractivity contribution in [2.24, 2.45) is 0 Å². The summed E-state index contributed by atoms with van der Waals surface area (Å²) in [5, 5.41) is 0. The van der Waals surface area contributed by atoms with E-state index in [1.165, 1.54) is 24.8 Å². The van der Waals surface area contributed by atoms with Gasteiger partial charge < -0.3 is 4.74 Å². The third kappa shape index (κ3) is 4.70. The second-order valence-electron chi connectivity index (χ2n) is 3.82. The molecule has 0 saturated heterocycles.